The van der Waals surface area contributed by atoms with Crippen molar-refractivity contribution < 1.29 is 9.21 Å². The molecule has 0 spiro atoms. The second-order valence-electron chi connectivity index (χ2n) is 8.62. The molecule has 0 aromatic carbocycles. The SMILES string of the molecule is O=C(CC1CSc2nc3c(c(=O)n21)CCC3)N1CCCC(c2nnc(-c3cccs3)o2)C1. The van der Waals surface area contributed by atoms with Crippen LogP contribution < -0.4 is 5.56 Å². The first-order chi connectivity index (χ1) is 15.7. The molecular weight excluding hydrogens is 446 g/mol. The molecule has 5 heterocycles. The number of likely N-dealkylation sites (tertiary alicyclic amines) is 1. The van der Waals surface area contributed by atoms with Crippen molar-refractivity contribution in [3.05, 3.63) is 45.0 Å². The predicted octanol–water partition coefficient (Wildman–Crippen LogP) is 3.29. The number of thiophene rings is 1. The fraction of sp³-hybridized carbons (Fsp3) is 0.500. The van der Waals surface area contributed by atoms with Gasteiger partial charge in [-0.05, 0) is 43.6 Å². The number of aromatic nitrogens is 4. The van der Waals surface area contributed by atoms with Gasteiger partial charge in [-0.1, -0.05) is 17.8 Å². The highest BCUT2D eigenvalue weighted by atomic mass is 32.2. The van der Waals surface area contributed by atoms with Gasteiger partial charge in [-0.2, -0.15) is 0 Å². The Morgan fingerprint density at radius 1 is 1.25 bits per heavy atom. The topological polar surface area (TPSA) is 94.1 Å². The van der Waals surface area contributed by atoms with Crippen molar-refractivity contribution in [3.8, 4) is 10.8 Å². The van der Waals surface area contributed by atoms with Crippen LogP contribution >= 0.6 is 23.1 Å². The number of carbonyl (C=O) groups is 1. The maximum Gasteiger partial charge on any atom is 0.257 e. The van der Waals surface area contributed by atoms with Crippen LogP contribution in [0.3, 0.4) is 0 Å². The van der Waals surface area contributed by atoms with E-state index in [9.17, 15) is 9.59 Å². The van der Waals surface area contributed by atoms with Crippen molar-refractivity contribution >= 4 is 29.0 Å². The summed E-state index contributed by atoms with van der Waals surface area (Å²) in [6.45, 7) is 1.31. The van der Waals surface area contributed by atoms with Gasteiger partial charge >= 0.3 is 0 Å². The summed E-state index contributed by atoms with van der Waals surface area (Å²) in [5.41, 5.74) is 1.87. The van der Waals surface area contributed by atoms with Crippen LogP contribution in [0.15, 0.2) is 31.9 Å². The molecule has 2 aliphatic heterocycles. The number of carbonyl (C=O) groups excluding carboxylic acids is 1. The van der Waals surface area contributed by atoms with Crippen LogP contribution in [-0.2, 0) is 17.6 Å². The number of hydrogen-bond acceptors (Lipinski definition) is 8. The third kappa shape index (κ3) is 3.49. The minimum atomic E-state index is -0.123. The van der Waals surface area contributed by atoms with E-state index in [2.05, 4.69) is 10.2 Å². The molecule has 166 valence electrons. The molecule has 3 aromatic rings. The number of amides is 1. The molecule has 1 fully saturated rings. The third-order valence-electron chi connectivity index (χ3n) is 6.58. The average Bonchev–Trinajstić information content (AvgIpc) is 3.60. The van der Waals surface area contributed by atoms with Crippen molar-refractivity contribution in [2.24, 2.45) is 0 Å². The first kappa shape index (κ1) is 20.2. The van der Waals surface area contributed by atoms with Crippen molar-refractivity contribution in [1.29, 1.82) is 0 Å². The van der Waals surface area contributed by atoms with Gasteiger partial charge in [0.05, 0.1) is 22.5 Å². The summed E-state index contributed by atoms with van der Waals surface area (Å²) < 4.78 is 7.70. The second kappa shape index (κ2) is 8.15. The van der Waals surface area contributed by atoms with Crippen molar-refractivity contribution in [3.63, 3.8) is 0 Å². The van der Waals surface area contributed by atoms with Gasteiger partial charge < -0.3 is 9.32 Å². The smallest absolute Gasteiger partial charge is 0.257 e. The summed E-state index contributed by atoms with van der Waals surface area (Å²) in [6.07, 6.45) is 4.84. The van der Waals surface area contributed by atoms with Crippen molar-refractivity contribution in [2.75, 3.05) is 18.8 Å². The fourth-order valence-electron chi connectivity index (χ4n) is 4.94. The van der Waals surface area contributed by atoms with E-state index in [4.69, 9.17) is 9.40 Å². The highest BCUT2D eigenvalue weighted by Gasteiger charge is 2.34. The highest BCUT2D eigenvalue weighted by molar-refractivity contribution is 7.99. The number of fused-ring (bicyclic) bond motifs is 2. The van der Waals surface area contributed by atoms with Crippen molar-refractivity contribution in [1.82, 2.24) is 24.6 Å². The van der Waals surface area contributed by atoms with E-state index in [-0.39, 0.29) is 23.4 Å². The van der Waals surface area contributed by atoms with E-state index in [1.165, 1.54) is 0 Å². The maximum atomic E-state index is 13.2. The Morgan fingerprint density at radius 2 is 2.19 bits per heavy atom. The van der Waals surface area contributed by atoms with Crippen molar-refractivity contribution in [2.45, 2.75) is 55.6 Å². The monoisotopic (exact) mass is 469 g/mol. The first-order valence-electron chi connectivity index (χ1n) is 11.1. The minimum Gasteiger partial charge on any atom is -0.420 e. The Hall–Kier alpha value is -2.46. The van der Waals surface area contributed by atoms with Gasteiger partial charge in [-0.25, -0.2) is 4.98 Å². The van der Waals surface area contributed by atoms with Gasteiger partial charge in [0.25, 0.3) is 11.4 Å². The predicted molar refractivity (Wildman–Crippen MR) is 121 cm³/mol. The summed E-state index contributed by atoms with van der Waals surface area (Å²) in [6, 6.07) is 3.80. The Morgan fingerprint density at radius 3 is 3.06 bits per heavy atom. The molecule has 3 aliphatic rings. The normalized spacial score (nSPS) is 22.2. The van der Waals surface area contributed by atoms with Gasteiger partial charge in [-0.15, -0.1) is 21.5 Å². The first-order valence-corrected chi connectivity index (χ1v) is 13.0. The summed E-state index contributed by atoms with van der Waals surface area (Å²) in [4.78, 5) is 33.8. The van der Waals surface area contributed by atoms with E-state index < -0.39 is 0 Å². The zero-order chi connectivity index (χ0) is 21.7. The Bertz CT molecular complexity index is 1220. The van der Waals surface area contributed by atoms with Gasteiger partial charge in [0, 0.05) is 30.8 Å². The maximum absolute atomic E-state index is 13.2. The van der Waals surface area contributed by atoms with E-state index in [1.807, 2.05) is 22.4 Å². The molecule has 0 saturated carbocycles. The molecule has 1 aliphatic carbocycles. The number of thioether (sulfide) groups is 1. The quantitative estimate of drug-likeness (QED) is 0.541. The lowest BCUT2D eigenvalue weighted by Gasteiger charge is -2.32. The largest absolute Gasteiger partial charge is 0.420 e. The standard InChI is InChI=1S/C22H23N5O3S2/c28-18(10-14-12-32-22-23-16-6-1-5-15(16)21(29)27(14)22)26-8-2-4-13(11-26)19-24-25-20(30-19)17-7-3-9-31-17/h3,7,9,13-14H,1-2,4-6,8,10-12H2. The van der Waals surface area contributed by atoms with Crippen LogP contribution in [-0.4, -0.2) is 49.4 Å². The molecule has 2 atom stereocenters. The number of aryl methyl sites for hydroxylation is 1. The van der Waals surface area contributed by atoms with Gasteiger partial charge in [0.2, 0.25) is 11.8 Å². The number of hydrogen-bond donors (Lipinski definition) is 0. The molecule has 2 unspecified atom stereocenters. The van der Waals surface area contributed by atoms with Crippen LogP contribution in [0.25, 0.3) is 10.8 Å². The average molecular weight is 470 g/mol. The van der Waals surface area contributed by atoms with Gasteiger partial charge in [-0.3, -0.25) is 14.2 Å². The third-order valence-corrected chi connectivity index (χ3v) is 8.53. The Labute approximate surface area is 193 Å². The molecule has 32 heavy (non-hydrogen) atoms. The molecule has 3 aromatic heterocycles. The zero-order valence-electron chi connectivity index (χ0n) is 17.5. The second-order valence-corrected chi connectivity index (χ2v) is 10.6. The summed E-state index contributed by atoms with van der Waals surface area (Å²) >= 11 is 3.16. The summed E-state index contributed by atoms with van der Waals surface area (Å²) in [7, 11) is 0. The van der Waals surface area contributed by atoms with E-state index >= 15 is 0 Å². The molecule has 10 heteroatoms. The molecule has 6 rings (SSSR count). The fourth-order valence-corrected chi connectivity index (χ4v) is 6.74. The summed E-state index contributed by atoms with van der Waals surface area (Å²) in [5, 5.41) is 11.2. The summed E-state index contributed by atoms with van der Waals surface area (Å²) in [5.74, 6) is 1.99. The van der Waals surface area contributed by atoms with Gasteiger partial charge in [0.15, 0.2) is 5.16 Å². The zero-order valence-corrected chi connectivity index (χ0v) is 19.2. The number of rotatable bonds is 4. The molecule has 8 nitrogen and oxygen atoms in total. The molecule has 0 bridgehead atoms. The number of nitrogens with zero attached hydrogens (tertiary/aromatic N) is 5. The lowest BCUT2D eigenvalue weighted by Crippen LogP contribution is -2.40. The molecule has 0 N–H and O–H groups in total. The van der Waals surface area contributed by atoms with E-state index in [1.54, 1.807) is 27.7 Å². The number of piperidine rings is 1. The molecular formula is C22H23N5O3S2. The molecule has 1 saturated heterocycles. The van der Waals surface area contributed by atoms with Crippen LogP contribution in [0.2, 0.25) is 0 Å². The Balaban J connectivity index is 1.16. The minimum absolute atomic E-state index is 0.0480. The highest BCUT2D eigenvalue weighted by Crippen LogP contribution is 2.35. The lowest BCUT2D eigenvalue weighted by molar-refractivity contribution is -0.133. The Kier molecular flexibility index (Phi) is 5.14. The molecule has 1 amide bonds. The lowest BCUT2D eigenvalue weighted by atomic mass is 9.97. The van der Waals surface area contributed by atoms with Gasteiger partial charge in [0.1, 0.15) is 0 Å². The van der Waals surface area contributed by atoms with Crippen LogP contribution in [0.4, 0.5) is 0 Å². The van der Waals surface area contributed by atoms with E-state index in [0.717, 1.165) is 65.7 Å². The molecule has 0 radical (unpaired) electrons. The van der Waals surface area contributed by atoms with Crippen LogP contribution in [0.5, 0.6) is 0 Å². The van der Waals surface area contributed by atoms with Crippen LogP contribution in [0.1, 0.15) is 54.8 Å². The van der Waals surface area contributed by atoms with Crippen LogP contribution in [0, 0.1) is 0 Å². The van der Waals surface area contributed by atoms with E-state index in [0.29, 0.717) is 24.7 Å².